The minimum Gasteiger partial charge on any atom is -0.383 e. The molecule has 1 fully saturated rings. The van der Waals surface area contributed by atoms with Crippen molar-refractivity contribution in [1.82, 2.24) is 9.55 Å². The first-order chi connectivity index (χ1) is 8.80. The molecule has 2 rings (SSSR count). The molecule has 1 atom stereocenters. The number of aromatic amines is 1. The fraction of sp³-hybridized carbons (Fsp3) is 0.667. The Morgan fingerprint density at radius 3 is 2.79 bits per heavy atom. The fourth-order valence-electron chi connectivity index (χ4n) is 2.34. The van der Waals surface area contributed by atoms with Gasteiger partial charge in [0.2, 0.25) is 0 Å². The average molecular weight is 268 g/mol. The van der Waals surface area contributed by atoms with Gasteiger partial charge in [0.25, 0.3) is 5.56 Å². The van der Waals surface area contributed by atoms with E-state index in [9.17, 15) is 9.59 Å². The summed E-state index contributed by atoms with van der Waals surface area (Å²) < 4.78 is 6.84. The second-order valence-corrected chi connectivity index (χ2v) is 5.52. The van der Waals surface area contributed by atoms with E-state index in [-0.39, 0.29) is 23.1 Å². The summed E-state index contributed by atoms with van der Waals surface area (Å²) in [6.45, 7) is 4.65. The van der Waals surface area contributed by atoms with E-state index in [2.05, 4.69) is 10.3 Å². The van der Waals surface area contributed by atoms with E-state index >= 15 is 0 Å². The van der Waals surface area contributed by atoms with E-state index in [0.717, 1.165) is 12.8 Å². The molecule has 1 aliphatic rings. The number of nitrogens with two attached hydrogens (primary N) is 1. The van der Waals surface area contributed by atoms with E-state index in [1.54, 1.807) is 0 Å². The molecule has 7 nitrogen and oxygen atoms in total. The minimum absolute atomic E-state index is 0.102. The van der Waals surface area contributed by atoms with Crippen LogP contribution in [0.1, 0.15) is 26.7 Å². The van der Waals surface area contributed by atoms with Crippen LogP contribution in [0.15, 0.2) is 9.59 Å². The molecular weight excluding hydrogens is 248 g/mol. The molecule has 1 aliphatic heterocycles. The van der Waals surface area contributed by atoms with Crippen molar-refractivity contribution in [2.75, 3.05) is 17.7 Å². The number of hydrogen-bond acceptors (Lipinski definition) is 5. The third kappa shape index (κ3) is 2.81. The Bertz CT molecular complexity index is 588. The van der Waals surface area contributed by atoms with Crippen molar-refractivity contribution in [2.45, 2.75) is 38.3 Å². The Balaban J connectivity index is 2.27. The maximum atomic E-state index is 11.8. The molecular formula is C12H20N4O3. The lowest BCUT2D eigenvalue weighted by Crippen LogP contribution is -2.42. The van der Waals surface area contributed by atoms with Gasteiger partial charge in [0, 0.05) is 19.7 Å². The Morgan fingerprint density at radius 2 is 2.16 bits per heavy atom. The quantitative estimate of drug-likeness (QED) is 0.702. The second-order valence-electron chi connectivity index (χ2n) is 5.52. The van der Waals surface area contributed by atoms with Gasteiger partial charge >= 0.3 is 5.69 Å². The number of nitrogens with one attached hydrogen (secondary N) is 2. The van der Waals surface area contributed by atoms with Crippen LogP contribution in [0.4, 0.5) is 11.5 Å². The van der Waals surface area contributed by atoms with Crippen LogP contribution >= 0.6 is 0 Å². The van der Waals surface area contributed by atoms with E-state index in [4.69, 9.17) is 10.5 Å². The molecule has 19 heavy (non-hydrogen) atoms. The molecule has 1 unspecified atom stereocenters. The molecule has 4 N–H and O–H groups in total. The lowest BCUT2D eigenvalue weighted by Gasteiger charge is -2.36. The maximum Gasteiger partial charge on any atom is 0.329 e. The number of anilines is 2. The van der Waals surface area contributed by atoms with Gasteiger partial charge in [-0.15, -0.1) is 0 Å². The van der Waals surface area contributed by atoms with Crippen molar-refractivity contribution < 1.29 is 4.74 Å². The summed E-state index contributed by atoms with van der Waals surface area (Å²) in [5, 5.41) is 3.13. The lowest BCUT2D eigenvalue weighted by molar-refractivity contribution is -0.0553. The number of nitrogen functional groups attached to an aromatic ring is 1. The lowest BCUT2D eigenvalue weighted by atomic mass is 9.94. The molecule has 1 aromatic heterocycles. The van der Waals surface area contributed by atoms with Crippen molar-refractivity contribution in [3.8, 4) is 0 Å². The van der Waals surface area contributed by atoms with Crippen LogP contribution < -0.4 is 22.3 Å². The highest BCUT2D eigenvalue weighted by molar-refractivity contribution is 5.60. The molecule has 106 valence electrons. The van der Waals surface area contributed by atoms with E-state index in [1.165, 1.54) is 11.6 Å². The number of nitrogens with zero attached hydrogens (tertiary/aromatic N) is 1. The molecule has 0 spiro atoms. The molecule has 1 aromatic rings. The van der Waals surface area contributed by atoms with Gasteiger partial charge in [-0.25, -0.2) is 4.79 Å². The molecule has 1 saturated heterocycles. The summed E-state index contributed by atoms with van der Waals surface area (Å²) in [4.78, 5) is 25.4. The van der Waals surface area contributed by atoms with Crippen LogP contribution in [0.5, 0.6) is 0 Å². The molecule has 7 heteroatoms. The Hall–Kier alpha value is -1.76. The maximum absolute atomic E-state index is 11.8. The van der Waals surface area contributed by atoms with Crippen molar-refractivity contribution >= 4 is 11.5 Å². The van der Waals surface area contributed by atoms with Gasteiger partial charge in [-0.05, 0) is 26.7 Å². The zero-order valence-electron chi connectivity index (χ0n) is 11.4. The summed E-state index contributed by atoms with van der Waals surface area (Å²) in [5.74, 6) is 0.151. The van der Waals surface area contributed by atoms with Crippen molar-refractivity contribution in [2.24, 2.45) is 7.05 Å². The third-order valence-electron chi connectivity index (χ3n) is 3.42. The summed E-state index contributed by atoms with van der Waals surface area (Å²) in [6.07, 6.45) is 1.57. The van der Waals surface area contributed by atoms with Gasteiger partial charge in [0.15, 0.2) is 0 Å². The third-order valence-corrected chi connectivity index (χ3v) is 3.42. The van der Waals surface area contributed by atoms with Gasteiger partial charge in [0.1, 0.15) is 11.5 Å². The molecule has 0 saturated carbocycles. The molecule has 0 aromatic carbocycles. The number of hydrogen-bond donors (Lipinski definition) is 3. The van der Waals surface area contributed by atoms with Crippen LogP contribution in [-0.2, 0) is 11.8 Å². The molecule has 0 amide bonds. The SMILES string of the molecule is Cn1c(N)c(NC2CCOC(C)(C)C2)c(=O)[nH]c1=O. The van der Waals surface area contributed by atoms with Crippen LogP contribution in [0, 0.1) is 0 Å². The number of H-pyrrole nitrogens is 1. The van der Waals surface area contributed by atoms with Crippen molar-refractivity contribution in [3.05, 3.63) is 20.8 Å². The minimum atomic E-state index is -0.514. The second kappa shape index (κ2) is 4.73. The normalized spacial score (nSPS) is 22.2. The molecule has 0 radical (unpaired) electrons. The predicted octanol–water partition coefficient (Wildman–Crippen LogP) is 0.0253. The standard InChI is InChI=1S/C12H20N4O3/c1-12(2)6-7(4-5-19-12)14-8-9(13)16(3)11(18)15-10(8)17/h7,14H,4-6,13H2,1-3H3,(H,15,17,18). The summed E-state index contributed by atoms with van der Waals surface area (Å²) in [7, 11) is 1.52. The summed E-state index contributed by atoms with van der Waals surface area (Å²) in [5.41, 5.74) is 4.85. The Morgan fingerprint density at radius 1 is 1.47 bits per heavy atom. The number of aromatic nitrogens is 2. The Labute approximate surface area is 110 Å². The Kier molecular flexibility index (Phi) is 3.40. The zero-order valence-corrected chi connectivity index (χ0v) is 11.4. The van der Waals surface area contributed by atoms with Gasteiger partial charge in [0.05, 0.1) is 5.60 Å². The predicted molar refractivity (Wildman–Crippen MR) is 73.4 cm³/mol. The van der Waals surface area contributed by atoms with Crippen LogP contribution in [0.25, 0.3) is 0 Å². The topological polar surface area (TPSA) is 102 Å². The average Bonchev–Trinajstić information content (AvgIpc) is 2.31. The van der Waals surface area contributed by atoms with Crippen LogP contribution in [-0.4, -0.2) is 27.8 Å². The highest BCUT2D eigenvalue weighted by atomic mass is 16.5. The summed E-state index contributed by atoms with van der Waals surface area (Å²) in [6, 6.07) is 0.102. The van der Waals surface area contributed by atoms with Gasteiger partial charge in [-0.2, -0.15) is 0 Å². The number of rotatable bonds is 2. The zero-order chi connectivity index (χ0) is 14.2. The highest BCUT2D eigenvalue weighted by Gasteiger charge is 2.29. The smallest absolute Gasteiger partial charge is 0.329 e. The van der Waals surface area contributed by atoms with Gasteiger partial charge in [-0.3, -0.25) is 14.3 Å². The monoisotopic (exact) mass is 268 g/mol. The molecule has 2 heterocycles. The fourth-order valence-corrected chi connectivity index (χ4v) is 2.34. The van der Waals surface area contributed by atoms with E-state index in [0.29, 0.717) is 6.61 Å². The van der Waals surface area contributed by atoms with Crippen LogP contribution in [0.2, 0.25) is 0 Å². The van der Waals surface area contributed by atoms with Crippen LogP contribution in [0.3, 0.4) is 0 Å². The molecule has 0 bridgehead atoms. The van der Waals surface area contributed by atoms with Crippen molar-refractivity contribution in [1.29, 1.82) is 0 Å². The van der Waals surface area contributed by atoms with Gasteiger partial charge in [-0.1, -0.05) is 0 Å². The first kappa shape index (κ1) is 13.7. The molecule has 0 aliphatic carbocycles. The number of ether oxygens (including phenoxy) is 1. The first-order valence-corrected chi connectivity index (χ1v) is 6.29. The van der Waals surface area contributed by atoms with Gasteiger partial charge < -0.3 is 15.8 Å². The van der Waals surface area contributed by atoms with Crippen molar-refractivity contribution in [3.63, 3.8) is 0 Å². The largest absolute Gasteiger partial charge is 0.383 e. The van der Waals surface area contributed by atoms with E-state index < -0.39 is 11.2 Å². The highest BCUT2D eigenvalue weighted by Crippen LogP contribution is 2.26. The summed E-state index contributed by atoms with van der Waals surface area (Å²) >= 11 is 0. The first-order valence-electron chi connectivity index (χ1n) is 6.29. The van der Waals surface area contributed by atoms with E-state index in [1.807, 2.05) is 13.8 Å².